The quantitative estimate of drug-likeness (QED) is 0.290. The predicted molar refractivity (Wildman–Crippen MR) is 120 cm³/mol. The summed E-state index contributed by atoms with van der Waals surface area (Å²) >= 11 is 0. The zero-order valence-corrected chi connectivity index (χ0v) is 18.4. The largest absolute Gasteiger partial charge is 0.494 e. The number of halogens is 4. The lowest BCUT2D eigenvalue weighted by atomic mass is 9.92. The fourth-order valence-electron chi connectivity index (χ4n) is 4.22. The van der Waals surface area contributed by atoms with E-state index in [-0.39, 0.29) is 22.4 Å². The van der Waals surface area contributed by atoms with Crippen molar-refractivity contribution in [3.8, 4) is 28.0 Å². The molecule has 1 saturated heterocycles. The smallest absolute Gasteiger partial charge is 0.201 e. The monoisotopic (exact) mass is 456 g/mol. The Labute approximate surface area is 190 Å². The average molecular weight is 456 g/mol. The molecule has 0 aliphatic carbocycles. The van der Waals surface area contributed by atoms with Gasteiger partial charge < -0.3 is 9.47 Å². The summed E-state index contributed by atoms with van der Waals surface area (Å²) in [6, 6.07) is 12.0. The van der Waals surface area contributed by atoms with Crippen molar-refractivity contribution in [1.29, 1.82) is 0 Å². The first-order chi connectivity index (χ1) is 15.9. The van der Waals surface area contributed by atoms with Crippen LogP contribution in [0.5, 0.6) is 5.75 Å². The van der Waals surface area contributed by atoms with Gasteiger partial charge in [-0.2, -0.15) is 4.39 Å². The molecule has 0 spiro atoms. The molecule has 0 bridgehead atoms. The third-order valence-electron chi connectivity index (χ3n) is 6.01. The van der Waals surface area contributed by atoms with Crippen LogP contribution in [-0.4, -0.2) is 13.7 Å². The summed E-state index contributed by atoms with van der Waals surface area (Å²) in [5.41, 5.74) is 1.18. The molecule has 0 saturated carbocycles. The van der Waals surface area contributed by atoms with E-state index in [0.717, 1.165) is 6.42 Å². The van der Waals surface area contributed by atoms with Gasteiger partial charge in [0.05, 0.1) is 19.8 Å². The second-order valence-electron chi connectivity index (χ2n) is 8.04. The number of ether oxygens (including phenoxy) is 2. The van der Waals surface area contributed by atoms with Crippen molar-refractivity contribution in [3.63, 3.8) is 0 Å². The van der Waals surface area contributed by atoms with Gasteiger partial charge in [0, 0.05) is 22.6 Å². The van der Waals surface area contributed by atoms with Crippen LogP contribution in [0.15, 0.2) is 60.7 Å². The summed E-state index contributed by atoms with van der Waals surface area (Å²) in [5, 5.41) is 0. The highest BCUT2D eigenvalue weighted by atomic mass is 19.2. The Morgan fingerprint density at radius 2 is 1.39 bits per heavy atom. The summed E-state index contributed by atoms with van der Waals surface area (Å²) in [5.74, 6) is -3.89. The van der Waals surface area contributed by atoms with E-state index in [2.05, 4.69) is 6.08 Å². The SMILES string of the molecule is CC=CC1CCC(c2ccc(-c3ccc(-c4ccc(OC)c(F)c4F)cc3)c(F)c2F)OC1. The molecule has 1 heterocycles. The van der Waals surface area contributed by atoms with Crippen LogP contribution < -0.4 is 4.74 Å². The van der Waals surface area contributed by atoms with Gasteiger partial charge in [-0.3, -0.25) is 0 Å². The van der Waals surface area contributed by atoms with E-state index < -0.39 is 29.4 Å². The Morgan fingerprint density at radius 1 is 0.788 bits per heavy atom. The van der Waals surface area contributed by atoms with Crippen LogP contribution in [0.3, 0.4) is 0 Å². The van der Waals surface area contributed by atoms with Crippen LogP contribution in [0, 0.1) is 29.2 Å². The molecule has 33 heavy (non-hydrogen) atoms. The number of hydrogen-bond acceptors (Lipinski definition) is 2. The van der Waals surface area contributed by atoms with Crippen LogP contribution in [0.1, 0.15) is 31.4 Å². The van der Waals surface area contributed by atoms with Crippen LogP contribution in [0.2, 0.25) is 0 Å². The molecule has 4 rings (SSSR count). The highest BCUT2D eigenvalue weighted by molar-refractivity contribution is 5.71. The van der Waals surface area contributed by atoms with Gasteiger partial charge in [-0.05, 0) is 43.0 Å². The van der Waals surface area contributed by atoms with Crippen molar-refractivity contribution < 1.29 is 27.0 Å². The van der Waals surface area contributed by atoms with Crippen molar-refractivity contribution in [3.05, 3.63) is 89.5 Å². The first-order valence-corrected chi connectivity index (χ1v) is 10.8. The van der Waals surface area contributed by atoms with Crippen LogP contribution in [-0.2, 0) is 4.74 Å². The molecule has 172 valence electrons. The Hall–Kier alpha value is -3.12. The predicted octanol–water partition coefficient (Wildman–Crippen LogP) is 7.63. The second kappa shape index (κ2) is 9.79. The van der Waals surface area contributed by atoms with E-state index >= 15 is 0 Å². The molecule has 0 aromatic heterocycles. The third-order valence-corrected chi connectivity index (χ3v) is 6.01. The molecule has 1 aliphatic rings. The first-order valence-electron chi connectivity index (χ1n) is 10.8. The number of rotatable bonds is 5. The molecule has 2 atom stereocenters. The molecule has 2 unspecified atom stereocenters. The minimum atomic E-state index is -1.08. The molecule has 0 radical (unpaired) electrons. The summed E-state index contributed by atoms with van der Waals surface area (Å²) in [4.78, 5) is 0. The van der Waals surface area contributed by atoms with E-state index in [4.69, 9.17) is 9.47 Å². The molecule has 3 aromatic carbocycles. The Kier molecular flexibility index (Phi) is 6.84. The van der Waals surface area contributed by atoms with Gasteiger partial charge in [-0.1, -0.05) is 48.6 Å². The highest BCUT2D eigenvalue weighted by Crippen LogP contribution is 2.36. The van der Waals surface area contributed by atoms with Crippen LogP contribution in [0.25, 0.3) is 22.3 Å². The maximum atomic E-state index is 15.0. The van der Waals surface area contributed by atoms with Crippen LogP contribution >= 0.6 is 0 Å². The molecule has 3 aromatic rings. The minimum Gasteiger partial charge on any atom is -0.494 e. The van der Waals surface area contributed by atoms with E-state index in [1.807, 2.05) is 13.0 Å². The van der Waals surface area contributed by atoms with E-state index in [9.17, 15) is 17.6 Å². The van der Waals surface area contributed by atoms with Gasteiger partial charge in [-0.25, -0.2) is 13.2 Å². The first kappa shape index (κ1) is 23.1. The van der Waals surface area contributed by atoms with Crippen molar-refractivity contribution >= 4 is 0 Å². The van der Waals surface area contributed by atoms with Crippen molar-refractivity contribution in [1.82, 2.24) is 0 Å². The van der Waals surface area contributed by atoms with E-state index in [1.165, 1.54) is 37.4 Å². The normalized spacial score (nSPS) is 18.6. The zero-order valence-electron chi connectivity index (χ0n) is 18.4. The molecule has 1 aliphatic heterocycles. The molecule has 0 amide bonds. The Morgan fingerprint density at radius 3 is 1.94 bits per heavy atom. The van der Waals surface area contributed by atoms with Gasteiger partial charge in [0.15, 0.2) is 23.2 Å². The Bertz CT molecular complexity index is 1160. The fraction of sp³-hybridized carbons (Fsp3) is 0.259. The summed E-state index contributed by atoms with van der Waals surface area (Å²) in [6.07, 6.45) is 5.01. The fourth-order valence-corrected chi connectivity index (χ4v) is 4.22. The van der Waals surface area contributed by atoms with Crippen molar-refractivity contribution in [2.45, 2.75) is 25.9 Å². The zero-order chi connectivity index (χ0) is 23.5. The Balaban J connectivity index is 1.58. The van der Waals surface area contributed by atoms with E-state index in [0.29, 0.717) is 30.1 Å². The van der Waals surface area contributed by atoms with E-state index in [1.54, 1.807) is 18.2 Å². The lowest BCUT2D eigenvalue weighted by Crippen LogP contribution is -2.20. The summed E-state index contributed by atoms with van der Waals surface area (Å²) in [7, 11) is 1.26. The number of benzene rings is 3. The average Bonchev–Trinajstić information content (AvgIpc) is 2.84. The van der Waals surface area contributed by atoms with Gasteiger partial charge >= 0.3 is 0 Å². The number of allylic oxidation sites excluding steroid dienone is 1. The van der Waals surface area contributed by atoms with Gasteiger partial charge in [-0.15, -0.1) is 0 Å². The number of methoxy groups -OCH3 is 1. The van der Waals surface area contributed by atoms with Gasteiger partial charge in [0.2, 0.25) is 5.82 Å². The maximum Gasteiger partial charge on any atom is 0.201 e. The number of hydrogen-bond donors (Lipinski definition) is 0. The lowest BCUT2D eigenvalue weighted by molar-refractivity contribution is -0.00743. The highest BCUT2D eigenvalue weighted by Gasteiger charge is 2.26. The molecule has 1 fully saturated rings. The van der Waals surface area contributed by atoms with Gasteiger partial charge in [0.25, 0.3) is 0 Å². The summed E-state index contributed by atoms with van der Waals surface area (Å²) in [6.45, 7) is 2.42. The maximum absolute atomic E-state index is 15.0. The van der Waals surface area contributed by atoms with Gasteiger partial charge in [0.1, 0.15) is 0 Å². The topological polar surface area (TPSA) is 18.5 Å². The molecule has 2 nitrogen and oxygen atoms in total. The minimum absolute atomic E-state index is 0.0486. The molecule has 6 heteroatoms. The molecular weight excluding hydrogens is 432 g/mol. The molecule has 0 N–H and O–H groups in total. The lowest BCUT2D eigenvalue weighted by Gasteiger charge is -2.28. The molecular formula is C27H24F4O2. The third kappa shape index (κ3) is 4.53. The second-order valence-corrected chi connectivity index (χ2v) is 8.04. The van der Waals surface area contributed by atoms with Crippen LogP contribution in [0.4, 0.5) is 17.6 Å². The summed E-state index contributed by atoms with van der Waals surface area (Å²) < 4.78 is 68.9. The standard InChI is InChI=1S/C27H24F4O2/c1-3-4-16-5-13-22(33-15-16)21-11-10-19(24(28)26(21)30)17-6-8-18(9-7-17)20-12-14-23(32-2)27(31)25(20)29/h3-4,6-12,14,16,22H,5,13,15H2,1-2H3. The van der Waals surface area contributed by atoms with Crippen molar-refractivity contribution in [2.24, 2.45) is 5.92 Å². The van der Waals surface area contributed by atoms with Crippen molar-refractivity contribution in [2.75, 3.05) is 13.7 Å².